The summed E-state index contributed by atoms with van der Waals surface area (Å²) in [6, 6.07) is 9.61. The summed E-state index contributed by atoms with van der Waals surface area (Å²) in [5, 5.41) is 7.09. The number of aromatic nitrogens is 4. The van der Waals surface area contributed by atoms with Crippen LogP contribution in [0.2, 0.25) is 0 Å². The highest BCUT2D eigenvalue weighted by atomic mass is 19.1. The standard InChI is InChI=1S/C24H21FN6O3/c1-14-10-18(23(32)30-9-3-4-15-11-17(25)6-7-19(15)30)29-31-20(13-27-22(14)31)16-5-8-21(26-12-16)28-24(33)34-2/h5-8,10-13H,3-4,9H2,1-2H3,(H,26,28,33). The Morgan fingerprint density at radius 2 is 1.97 bits per heavy atom. The fraction of sp³-hybridized carbons (Fsp3) is 0.208. The number of pyridine rings is 1. The van der Waals surface area contributed by atoms with Crippen LogP contribution < -0.4 is 10.2 Å². The first-order chi connectivity index (χ1) is 16.4. The van der Waals surface area contributed by atoms with Crippen molar-refractivity contribution < 1.29 is 18.7 Å². The van der Waals surface area contributed by atoms with Gasteiger partial charge in [-0.05, 0) is 67.3 Å². The normalized spacial score (nSPS) is 13.0. The summed E-state index contributed by atoms with van der Waals surface area (Å²) < 4.78 is 19.9. The van der Waals surface area contributed by atoms with Gasteiger partial charge in [-0.25, -0.2) is 23.7 Å². The molecule has 0 saturated heterocycles. The number of ether oxygens (including phenoxy) is 1. The quantitative estimate of drug-likeness (QED) is 0.496. The summed E-state index contributed by atoms with van der Waals surface area (Å²) in [6.45, 7) is 2.40. The first-order valence-electron chi connectivity index (χ1n) is 10.7. The molecule has 1 N–H and O–H groups in total. The van der Waals surface area contributed by atoms with Crippen molar-refractivity contribution in [2.24, 2.45) is 0 Å². The maximum Gasteiger partial charge on any atom is 0.412 e. The summed E-state index contributed by atoms with van der Waals surface area (Å²) >= 11 is 0. The van der Waals surface area contributed by atoms with Gasteiger partial charge in [-0.2, -0.15) is 5.10 Å². The molecular weight excluding hydrogens is 439 g/mol. The first-order valence-corrected chi connectivity index (χ1v) is 10.7. The molecule has 2 amide bonds. The SMILES string of the molecule is COC(=O)Nc1ccc(-c2cnc3c(C)cc(C(=O)N4CCCc5cc(F)ccc54)nn23)cn1. The molecule has 0 aliphatic carbocycles. The van der Waals surface area contributed by atoms with Crippen molar-refractivity contribution in [2.45, 2.75) is 19.8 Å². The fourth-order valence-electron chi connectivity index (χ4n) is 4.11. The third-order valence-electron chi connectivity index (χ3n) is 5.75. The number of amides is 2. The fourth-order valence-corrected chi connectivity index (χ4v) is 4.11. The molecular formula is C24H21FN6O3. The minimum atomic E-state index is -0.613. The summed E-state index contributed by atoms with van der Waals surface area (Å²) in [5.41, 5.74) is 4.54. The number of carbonyl (C=O) groups is 2. The van der Waals surface area contributed by atoms with E-state index in [0.717, 1.165) is 24.0 Å². The molecule has 9 nitrogen and oxygen atoms in total. The lowest BCUT2D eigenvalue weighted by molar-refractivity contribution is 0.0979. The molecule has 1 aliphatic rings. The van der Waals surface area contributed by atoms with Crippen molar-refractivity contribution in [1.29, 1.82) is 0 Å². The topological polar surface area (TPSA) is 102 Å². The summed E-state index contributed by atoms with van der Waals surface area (Å²) in [6.07, 6.45) is 4.10. The zero-order valence-electron chi connectivity index (χ0n) is 18.6. The predicted octanol–water partition coefficient (Wildman–Crippen LogP) is 4.01. The number of rotatable bonds is 3. The average molecular weight is 460 g/mol. The van der Waals surface area contributed by atoms with Crippen LogP contribution in [0.15, 0.2) is 48.8 Å². The average Bonchev–Trinajstić information content (AvgIpc) is 3.28. The van der Waals surface area contributed by atoms with Crippen LogP contribution in [-0.4, -0.2) is 45.2 Å². The molecule has 0 saturated carbocycles. The number of nitrogens with one attached hydrogen (secondary N) is 1. The maximum absolute atomic E-state index is 13.7. The van der Waals surface area contributed by atoms with E-state index in [4.69, 9.17) is 0 Å². The molecule has 0 unspecified atom stereocenters. The van der Waals surface area contributed by atoms with Gasteiger partial charge in [-0.1, -0.05) is 0 Å². The Hall–Kier alpha value is -4.34. The van der Waals surface area contributed by atoms with Gasteiger partial charge in [-0.3, -0.25) is 10.1 Å². The highest BCUT2D eigenvalue weighted by molar-refractivity contribution is 6.05. The number of fused-ring (bicyclic) bond motifs is 2. The van der Waals surface area contributed by atoms with Crippen molar-refractivity contribution in [1.82, 2.24) is 19.6 Å². The number of halogens is 1. The van der Waals surface area contributed by atoms with Gasteiger partial charge in [0.2, 0.25) is 0 Å². The Kier molecular flexibility index (Phi) is 5.40. The van der Waals surface area contributed by atoms with Gasteiger partial charge in [0.1, 0.15) is 17.3 Å². The van der Waals surface area contributed by atoms with Gasteiger partial charge in [-0.15, -0.1) is 0 Å². The Morgan fingerprint density at radius 3 is 2.74 bits per heavy atom. The lowest BCUT2D eigenvalue weighted by Gasteiger charge is -2.29. The van der Waals surface area contributed by atoms with Gasteiger partial charge < -0.3 is 9.64 Å². The van der Waals surface area contributed by atoms with E-state index in [-0.39, 0.29) is 17.4 Å². The Morgan fingerprint density at radius 1 is 1.12 bits per heavy atom. The van der Waals surface area contributed by atoms with E-state index in [0.29, 0.717) is 35.0 Å². The molecule has 34 heavy (non-hydrogen) atoms. The summed E-state index contributed by atoms with van der Waals surface area (Å²) in [7, 11) is 1.27. The largest absolute Gasteiger partial charge is 0.453 e. The molecule has 0 radical (unpaired) electrons. The van der Waals surface area contributed by atoms with E-state index < -0.39 is 6.09 Å². The third kappa shape index (κ3) is 3.83. The van der Waals surface area contributed by atoms with Gasteiger partial charge >= 0.3 is 6.09 Å². The monoisotopic (exact) mass is 460 g/mol. The number of carbonyl (C=O) groups excluding carboxylic acids is 2. The Bertz CT molecular complexity index is 1420. The predicted molar refractivity (Wildman–Crippen MR) is 123 cm³/mol. The molecule has 4 heterocycles. The van der Waals surface area contributed by atoms with Crippen molar-refractivity contribution in [3.63, 3.8) is 0 Å². The van der Waals surface area contributed by atoms with Crippen LogP contribution in [0.3, 0.4) is 0 Å². The third-order valence-corrected chi connectivity index (χ3v) is 5.75. The van der Waals surface area contributed by atoms with Crippen molar-refractivity contribution >= 4 is 29.2 Å². The van der Waals surface area contributed by atoms with E-state index in [1.807, 2.05) is 6.92 Å². The lowest BCUT2D eigenvalue weighted by Crippen LogP contribution is -2.36. The zero-order valence-corrected chi connectivity index (χ0v) is 18.6. The van der Waals surface area contributed by atoms with Crippen LogP contribution >= 0.6 is 0 Å². The Balaban J connectivity index is 1.51. The zero-order chi connectivity index (χ0) is 23.8. The van der Waals surface area contributed by atoms with Crippen LogP contribution in [0.1, 0.15) is 28.0 Å². The van der Waals surface area contributed by atoms with E-state index in [1.54, 1.807) is 46.1 Å². The molecule has 0 bridgehead atoms. The van der Waals surface area contributed by atoms with Gasteiger partial charge in [0.05, 0.1) is 19.0 Å². The second-order valence-corrected chi connectivity index (χ2v) is 7.97. The second kappa shape index (κ2) is 8.54. The lowest BCUT2D eigenvalue weighted by atomic mass is 10.0. The van der Waals surface area contributed by atoms with Crippen LogP contribution in [0.4, 0.5) is 20.7 Å². The molecule has 0 spiro atoms. The van der Waals surface area contributed by atoms with E-state index in [9.17, 15) is 14.0 Å². The Labute approximate surface area is 194 Å². The minimum absolute atomic E-state index is 0.257. The van der Waals surface area contributed by atoms with Gasteiger partial charge in [0, 0.05) is 24.0 Å². The summed E-state index contributed by atoms with van der Waals surface area (Å²) in [4.78, 5) is 35.2. The van der Waals surface area contributed by atoms with E-state index in [1.165, 1.54) is 19.2 Å². The van der Waals surface area contributed by atoms with Crippen LogP contribution in [-0.2, 0) is 11.2 Å². The molecule has 5 rings (SSSR count). The van der Waals surface area contributed by atoms with E-state index in [2.05, 4.69) is 25.1 Å². The molecule has 1 aromatic carbocycles. The molecule has 1 aliphatic heterocycles. The molecule has 4 aromatic rings. The summed E-state index contributed by atoms with van der Waals surface area (Å²) in [5.74, 6) is -0.231. The first kappa shape index (κ1) is 21.5. The second-order valence-electron chi connectivity index (χ2n) is 7.97. The number of aryl methyl sites for hydroxylation is 2. The molecule has 3 aromatic heterocycles. The van der Waals surface area contributed by atoms with Gasteiger partial charge in [0.25, 0.3) is 5.91 Å². The van der Waals surface area contributed by atoms with Crippen LogP contribution in [0.25, 0.3) is 16.9 Å². The van der Waals surface area contributed by atoms with Gasteiger partial charge in [0.15, 0.2) is 5.65 Å². The number of benzene rings is 1. The van der Waals surface area contributed by atoms with Crippen molar-refractivity contribution in [3.8, 4) is 11.3 Å². The smallest absolute Gasteiger partial charge is 0.412 e. The number of hydrogen-bond acceptors (Lipinski definition) is 6. The number of anilines is 2. The number of hydrogen-bond donors (Lipinski definition) is 1. The molecule has 0 fully saturated rings. The molecule has 0 atom stereocenters. The number of imidazole rings is 1. The molecule has 10 heteroatoms. The highest BCUT2D eigenvalue weighted by Gasteiger charge is 2.26. The number of nitrogens with zero attached hydrogens (tertiary/aromatic N) is 5. The highest BCUT2D eigenvalue weighted by Crippen LogP contribution is 2.29. The van der Waals surface area contributed by atoms with Crippen LogP contribution in [0.5, 0.6) is 0 Å². The van der Waals surface area contributed by atoms with E-state index >= 15 is 0 Å². The number of methoxy groups -OCH3 is 1. The van der Waals surface area contributed by atoms with Crippen LogP contribution in [0, 0.1) is 12.7 Å². The maximum atomic E-state index is 13.7. The van der Waals surface area contributed by atoms with Crippen molar-refractivity contribution in [3.05, 3.63) is 71.4 Å². The minimum Gasteiger partial charge on any atom is -0.453 e. The van der Waals surface area contributed by atoms with Crippen molar-refractivity contribution in [2.75, 3.05) is 23.9 Å². The molecule has 172 valence electrons.